The number of anilines is 2. The van der Waals surface area contributed by atoms with Crippen molar-refractivity contribution in [1.82, 2.24) is 14.8 Å². The molecule has 0 saturated heterocycles. The highest BCUT2D eigenvalue weighted by Crippen LogP contribution is 2.33. The summed E-state index contributed by atoms with van der Waals surface area (Å²) in [6.07, 6.45) is 2.99. The quantitative estimate of drug-likeness (QED) is 0.728. The molecule has 1 aromatic carbocycles. The Kier molecular flexibility index (Phi) is 3.79. The lowest BCUT2D eigenvalue weighted by atomic mass is 10.1. The molecule has 4 rings (SSSR count). The lowest BCUT2D eigenvalue weighted by Gasteiger charge is -2.24. The first kappa shape index (κ1) is 16.4. The lowest BCUT2D eigenvalue weighted by Crippen LogP contribution is -2.37. The number of nitrogens with one attached hydrogen (secondary N) is 1. The van der Waals surface area contributed by atoms with Gasteiger partial charge in [-0.05, 0) is 18.1 Å². The predicted octanol–water partition coefficient (Wildman–Crippen LogP) is 1.99. The molecule has 1 N–H and O–H groups in total. The second kappa shape index (κ2) is 6.01. The van der Waals surface area contributed by atoms with Gasteiger partial charge < -0.3 is 14.8 Å². The zero-order chi connectivity index (χ0) is 18.4. The number of para-hydroxylation sites is 2. The van der Waals surface area contributed by atoms with Crippen molar-refractivity contribution in [3.05, 3.63) is 52.4 Å². The van der Waals surface area contributed by atoms with Gasteiger partial charge in [0.2, 0.25) is 5.43 Å². The van der Waals surface area contributed by atoms with Crippen LogP contribution in [0.1, 0.15) is 17.3 Å². The van der Waals surface area contributed by atoms with Crippen molar-refractivity contribution in [2.75, 3.05) is 29.9 Å². The van der Waals surface area contributed by atoms with E-state index in [9.17, 15) is 9.59 Å². The first-order valence-electron chi connectivity index (χ1n) is 8.62. The van der Waals surface area contributed by atoms with Crippen LogP contribution in [-0.2, 0) is 7.05 Å². The van der Waals surface area contributed by atoms with Gasteiger partial charge in [-0.3, -0.25) is 14.3 Å². The van der Waals surface area contributed by atoms with Gasteiger partial charge in [-0.2, -0.15) is 5.10 Å². The molecule has 0 saturated carbocycles. The Morgan fingerprint density at radius 1 is 1.19 bits per heavy atom. The molecule has 26 heavy (non-hydrogen) atoms. The third-order valence-corrected chi connectivity index (χ3v) is 4.92. The zero-order valence-corrected chi connectivity index (χ0v) is 15.1. The first-order chi connectivity index (χ1) is 12.5. The van der Waals surface area contributed by atoms with Crippen LogP contribution < -0.4 is 15.2 Å². The molecule has 3 heterocycles. The van der Waals surface area contributed by atoms with Crippen LogP contribution in [0.15, 0.2) is 41.5 Å². The van der Waals surface area contributed by atoms with Crippen LogP contribution in [0.4, 0.5) is 11.4 Å². The van der Waals surface area contributed by atoms with E-state index >= 15 is 0 Å². The van der Waals surface area contributed by atoms with Crippen LogP contribution in [0.5, 0.6) is 0 Å². The first-order valence-corrected chi connectivity index (χ1v) is 8.62. The Morgan fingerprint density at radius 3 is 2.69 bits per heavy atom. The van der Waals surface area contributed by atoms with Crippen LogP contribution in [0.3, 0.4) is 0 Å². The van der Waals surface area contributed by atoms with Gasteiger partial charge in [0.05, 0.1) is 23.0 Å². The van der Waals surface area contributed by atoms with Crippen LogP contribution in [0, 0.1) is 5.92 Å². The van der Waals surface area contributed by atoms with Crippen LogP contribution >= 0.6 is 0 Å². The number of carbonyl (C=O) groups is 1. The van der Waals surface area contributed by atoms with Crippen molar-refractivity contribution in [2.45, 2.75) is 6.92 Å². The van der Waals surface area contributed by atoms with E-state index < -0.39 is 0 Å². The number of H-pyrrole nitrogens is 1. The highest BCUT2D eigenvalue weighted by Gasteiger charge is 2.29. The van der Waals surface area contributed by atoms with E-state index in [1.54, 1.807) is 16.6 Å². The highest BCUT2D eigenvalue weighted by molar-refractivity contribution is 6.08. The molecule has 7 heteroatoms. The number of aromatic nitrogens is 3. The summed E-state index contributed by atoms with van der Waals surface area (Å²) in [5, 5.41) is 4.52. The molecule has 0 aliphatic carbocycles. The van der Waals surface area contributed by atoms with Crippen LogP contribution in [0.25, 0.3) is 11.0 Å². The number of aromatic amines is 1. The van der Waals surface area contributed by atoms with Crippen LogP contribution in [-0.4, -0.2) is 40.8 Å². The number of carbonyl (C=O) groups excluding carboxylic acids is 1. The molecule has 1 amide bonds. The molecule has 7 nitrogen and oxygen atoms in total. The molecule has 1 aliphatic heterocycles. The van der Waals surface area contributed by atoms with Gasteiger partial charge in [-0.1, -0.05) is 19.1 Å². The molecule has 1 unspecified atom stereocenters. The van der Waals surface area contributed by atoms with E-state index in [4.69, 9.17) is 0 Å². The van der Waals surface area contributed by atoms with Gasteiger partial charge in [-0.25, -0.2) is 0 Å². The van der Waals surface area contributed by atoms with E-state index in [0.717, 1.165) is 17.9 Å². The number of amides is 1. The number of nitrogens with zero attached hydrogens (tertiary/aromatic N) is 4. The molecule has 0 spiro atoms. The highest BCUT2D eigenvalue weighted by atomic mass is 16.2. The topological polar surface area (TPSA) is 74.2 Å². The fourth-order valence-electron chi connectivity index (χ4n) is 3.67. The van der Waals surface area contributed by atoms with E-state index in [1.807, 2.05) is 31.3 Å². The maximum Gasteiger partial charge on any atom is 0.263 e. The zero-order valence-electron chi connectivity index (χ0n) is 15.1. The van der Waals surface area contributed by atoms with Crippen molar-refractivity contribution in [3.63, 3.8) is 0 Å². The maximum absolute atomic E-state index is 13.3. The second-order valence-electron chi connectivity index (χ2n) is 6.95. The van der Waals surface area contributed by atoms with Crippen molar-refractivity contribution >= 4 is 28.3 Å². The monoisotopic (exact) mass is 351 g/mol. The number of fused-ring (bicyclic) bond motifs is 2. The van der Waals surface area contributed by atoms with Crippen molar-refractivity contribution < 1.29 is 4.79 Å². The summed E-state index contributed by atoms with van der Waals surface area (Å²) in [6.45, 7) is 3.51. The van der Waals surface area contributed by atoms with E-state index in [2.05, 4.69) is 21.9 Å². The summed E-state index contributed by atoms with van der Waals surface area (Å²) in [5.74, 6) is -0.0100. The summed E-state index contributed by atoms with van der Waals surface area (Å²) in [7, 11) is 3.78. The summed E-state index contributed by atoms with van der Waals surface area (Å²) < 4.78 is 1.59. The van der Waals surface area contributed by atoms with Gasteiger partial charge in [0.25, 0.3) is 5.91 Å². The fraction of sp³-hybridized carbons (Fsp3) is 0.316. The molecule has 134 valence electrons. The SMILES string of the molecule is CC1CN(C)c2ccccc2N(C(=O)c2c[nH]c3c(cnn3C)c2=O)C1. The predicted molar refractivity (Wildman–Crippen MR) is 102 cm³/mol. The third-order valence-electron chi connectivity index (χ3n) is 4.92. The largest absolute Gasteiger partial charge is 0.373 e. The molecular weight excluding hydrogens is 330 g/mol. The van der Waals surface area contributed by atoms with Crippen LogP contribution in [0.2, 0.25) is 0 Å². The maximum atomic E-state index is 13.3. The minimum Gasteiger partial charge on any atom is -0.373 e. The van der Waals surface area contributed by atoms with E-state index in [-0.39, 0.29) is 22.8 Å². The minimum absolute atomic E-state index is 0.136. The van der Waals surface area contributed by atoms with Gasteiger partial charge in [0.15, 0.2) is 0 Å². The minimum atomic E-state index is -0.292. The Hall–Kier alpha value is -3.09. The Labute approximate surface area is 150 Å². The molecule has 0 fully saturated rings. The molecule has 1 atom stereocenters. The number of rotatable bonds is 1. The number of pyridine rings is 1. The molecule has 0 bridgehead atoms. The molecule has 0 radical (unpaired) electrons. The lowest BCUT2D eigenvalue weighted by molar-refractivity contribution is 0.0983. The summed E-state index contributed by atoms with van der Waals surface area (Å²) in [4.78, 5) is 33.0. The van der Waals surface area contributed by atoms with Gasteiger partial charge in [-0.15, -0.1) is 0 Å². The Bertz CT molecular complexity index is 1050. The summed E-state index contributed by atoms with van der Waals surface area (Å²) in [5.41, 5.74) is 2.27. The molecule has 1 aliphatic rings. The fourth-order valence-corrected chi connectivity index (χ4v) is 3.67. The van der Waals surface area contributed by atoms with E-state index in [0.29, 0.717) is 17.6 Å². The molecule has 3 aromatic rings. The summed E-state index contributed by atoms with van der Waals surface area (Å²) >= 11 is 0. The number of benzene rings is 1. The smallest absolute Gasteiger partial charge is 0.263 e. The Balaban J connectivity index is 1.84. The Morgan fingerprint density at radius 2 is 1.92 bits per heavy atom. The van der Waals surface area contributed by atoms with Crippen molar-refractivity contribution in [1.29, 1.82) is 0 Å². The van der Waals surface area contributed by atoms with Gasteiger partial charge >= 0.3 is 0 Å². The average Bonchev–Trinajstić information content (AvgIpc) is 2.95. The van der Waals surface area contributed by atoms with Gasteiger partial charge in [0, 0.05) is 33.4 Å². The standard InChI is InChI=1S/C19H21N5O2/c1-12-10-22(2)15-6-4-5-7-16(15)24(11-12)19(26)14-8-20-18-13(17(14)25)9-21-23(18)3/h4-9,12H,10-11H2,1-3H3,(H,20,25). The van der Waals surface area contributed by atoms with Crippen molar-refractivity contribution in [2.24, 2.45) is 13.0 Å². The second-order valence-corrected chi connectivity index (χ2v) is 6.95. The molecule has 2 aromatic heterocycles. The average molecular weight is 351 g/mol. The number of hydrogen-bond acceptors (Lipinski definition) is 4. The van der Waals surface area contributed by atoms with Gasteiger partial charge in [0.1, 0.15) is 11.2 Å². The molecular formula is C19H21N5O2. The number of aryl methyl sites for hydroxylation is 1. The van der Waals surface area contributed by atoms with E-state index in [1.165, 1.54) is 12.4 Å². The number of hydrogen-bond donors (Lipinski definition) is 1. The normalized spacial score (nSPS) is 17.3. The summed E-state index contributed by atoms with van der Waals surface area (Å²) in [6, 6.07) is 7.81. The van der Waals surface area contributed by atoms with Crippen molar-refractivity contribution in [3.8, 4) is 0 Å². The third kappa shape index (κ3) is 2.47.